The molecule has 0 heterocycles. The minimum atomic E-state index is -0.116. The van der Waals surface area contributed by atoms with Crippen molar-refractivity contribution in [3.8, 4) is 0 Å². The molecule has 0 aliphatic heterocycles. The Morgan fingerprint density at radius 1 is 1.00 bits per heavy atom. The van der Waals surface area contributed by atoms with Crippen LogP contribution in [-0.2, 0) is 9.53 Å². The molecule has 2 heteroatoms. The normalized spacial score (nSPS) is 56.9. The van der Waals surface area contributed by atoms with Gasteiger partial charge in [-0.15, -0.1) is 0 Å². The zero-order valence-corrected chi connectivity index (χ0v) is 13.2. The summed E-state index contributed by atoms with van der Waals surface area (Å²) in [6, 6.07) is 0. The van der Waals surface area contributed by atoms with Crippen molar-refractivity contribution in [3.63, 3.8) is 0 Å². The molecule has 0 amide bonds. The van der Waals surface area contributed by atoms with Gasteiger partial charge in [0.2, 0.25) is 0 Å². The average molecular weight is 288 g/mol. The fourth-order valence-corrected chi connectivity index (χ4v) is 7.34. The molecular weight excluding hydrogens is 260 g/mol. The minimum absolute atomic E-state index is 0.116. The van der Waals surface area contributed by atoms with Crippen LogP contribution in [-0.4, -0.2) is 11.6 Å². The fraction of sp³-hybridized carbons (Fsp3) is 0.947. The van der Waals surface area contributed by atoms with Gasteiger partial charge >= 0.3 is 5.97 Å². The summed E-state index contributed by atoms with van der Waals surface area (Å²) in [5.74, 6) is 5.30. The van der Waals surface area contributed by atoms with Gasteiger partial charge in [-0.3, -0.25) is 4.79 Å². The molecule has 8 atom stereocenters. The first-order chi connectivity index (χ1) is 10.1. The summed E-state index contributed by atoms with van der Waals surface area (Å²) in [6.45, 7) is 2.26. The Hall–Kier alpha value is -0.530. The SMILES string of the molecule is C[C@@]1(OC(=O)C2C[C@@H]3CC[C@H]2C3)C[C@H]2C[C@H]1[C@@H]1CCC[C@H]21. The van der Waals surface area contributed by atoms with E-state index in [1.807, 2.05) is 0 Å². The second-order valence-corrected chi connectivity index (χ2v) is 9.08. The van der Waals surface area contributed by atoms with Crippen LogP contribution in [0.3, 0.4) is 0 Å². The maximum atomic E-state index is 12.7. The first-order valence-electron chi connectivity index (χ1n) is 9.37. The molecule has 0 spiro atoms. The van der Waals surface area contributed by atoms with Gasteiger partial charge in [0, 0.05) is 5.92 Å². The lowest BCUT2D eigenvalue weighted by Crippen LogP contribution is -2.44. The van der Waals surface area contributed by atoms with Gasteiger partial charge in [-0.2, -0.15) is 0 Å². The fourth-order valence-electron chi connectivity index (χ4n) is 7.34. The maximum Gasteiger partial charge on any atom is 0.309 e. The number of ether oxygens (including phenoxy) is 1. The van der Waals surface area contributed by atoms with Crippen LogP contribution < -0.4 is 0 Å². The highest BCUT2D eigenvalue weighted by atomic mass is 16.6. The number of hydrogen-bond donors (Lipinski definition) is 0. The first-order valence-corrected chi connectivity index (χ1v) is 9.37. The van der Waals surface area contributed by atoms with Gasteiger partial charge in [-0.1, -0.05) is 12.8 Å². The summed E-state index contributed by atoms with van der Waals surface area (Å²) < 4.78 is 6.24. The van der Waals surface area contributed by atoms with Crippen molar-refractivity contribution >= 4 is 5.97 Å². The van der Waals surface area contributed by atoms with E-state index in [2.05, 4.69) is 6.92 Å². The predicted molar refractivity (Wildman–Crippen MR) is 80.5 cm³/mol. The van der Waals surface area contributed by atoms with Crippen LogP contribution >= 0.6 is 0 Å². The van der Waals surface area contributed by atoms with Crippen LogP contribution in [0.25, 0.3) is 0 Å². The molecule has 0 aromatic heterocycles. The van der Waals surface area contributed by atoms with Gasteiger partial charge in [0.25, 0.3) is 0 Å². The lowest BCUT2D eigenvalue weighted by Gasteiger charge is -2.40. The van der Waals surface area contributed by atoms with E-state index in [1.54, 1.807) is 0 Å². The van der Waals surface area contributed by atoms with E-state index in [1.165, 1.54) is 44.9 Å². The third-order valence-electron chi connectivity index (χ3n) is 8.13. The Kier molecular flexibility index (Phi) is 2.63. The van der Waals surface area contributed by atoms with E-state index in [-0.39, 0.29) is 17.5 Å². The highest BCUT2D eigenvalue weighted by Crippen LogP contribution is 2.63. The summed E-state index contributed by atoms with van der Waals surface area (Å²) in [5.41, 5.74) is -0.116. The van der Waals surface area contributed by atoms with Crippen LogP contribution in [0.5, 0.6) is 0 Å². The van der Waals surface area contributed by atoms with Gasteiger partial charge in [-0.25, -0.2) is 0 Å². The molecule has 1 unspecified atom stereocenters. The molecule has 2 nitrogen and oxygen atoms in total. The topological polar surface area (TPSA) is 26.3 Å². The van der Waals surface area contributed by atoms with E-state index >= 15 is 0 Å². The number of esters is 1. The molecule has 21 heavy (non-hydrogen) atoms. The summed E-state index contributed by atoms with van der Waals surface area (Å²) in [5, 5.41) is 0. The Morgan fingerprint density at radius 2 is 1.86 bits per heavy atom. The van der Waals surface area contributed by atoms with Crippen LogP contribution in [0.2, 0.25) is 0 Å². The third kappa shape index (κ3) is 1.74. The van der Waals surface area contributed by atoms with Gasteiger partial charge in [0.05, 0.1) is 5.92 Å². The Morgan fingerprint density at radius 3 is 2.62 bits per heavy atom. The van der Waals surface area contributed by atoms with Crippen molar-refractivity contribution in [3.05, 3.63) is 0 Å². The summed E-state index contributed by atoms with van der Waals surface area (Å²) in [4.78, 5) is 12.7. The number of hydrogen-bond acceptors (Lipinski definition) is 2. The van der Waals surface area contributed by atoms with Gasteiger partial charge in [0.15, 0.2) is 0 Å². The van der Waals surface area contributed by atoms with E-state index < -0.39 is 0 Å². The van der Waals surface area contributed by atoms with Crippen molar-refractivity contribution in [2.24, 2.45) is 41.4 Å². The standard InChI is InChI=1S/C19H28O2/c1-19(10-13-9-17(19)15-4-2-3-14(13)15)21-18(20)16-8-11-5-6-12(16)7-11/h11-17H,2-10H2,1H3/t11-,12+,13-,14-,15-,16?,17+,19-/m1/s1. The molecule has 0 aromatic rings. The van der Waals surface area contributed by atoms with Crippen molar-refractivity contribution in [1.82, 2.24) is 0 Å². The molecule has 5 aliphatic carbocycles. The summed E-state index contributed by atoms with van der Waals surface area (Å²) in [7, 11) is 0. The van der Waals surface area contributed by atoms with Crippen LogP contribution in [0.4, 0.5) is 0 Å². The second-order valence-electron chi connectivity index (χ2n) is 9.08. The maximum absolute atomic E-state index is 12.7. The van der Waals surface area contributed by atoms with Gasteiger partial charge in [0.1, 0.15) is 5.60 Å². The average Bonchev–Trinajstić information content (AvgIpc) is 3.22. The highest BCUT2D eigenvalue weighted by Gasteiger charge is 2.61. The van der Waals surface area contributed by atoms with Gasteiger partial charge < -0.3 is 4.74 Å². The lowest BCUT2D eigenvalue weighted by molar-refractivity contribution is -0.173. The van der Waals surface area contributed by atoms with Crippen molar-refractivity contribution in [2.45, 2.75) is 70.3 Å². The molecule has 0 saturated heterocycles. The first kappa shape index (κ1) is 13.0. The smallest absolute Gasteiger partial charge is 0.309 e. The number of rotatable bonds is 2. The lowest BCUT2D eigenvalue weighted by atomic mass is 9.73. The predicted octanol–water partition coefficient (Wildman–Crippen LogP) is 4.18. The molecule has 0 radical (unpaired) electrons. The molecule has 5 aliphatic rings. The van der Waals surface area contributed by atoms with E-state index in [0.717, 1.165) is 36.5 Å². The van der Waals surface area contributed by atoms with E-state index in [0.29, 0.717) is 11.8 Å². The molecule has 116 valence electrons. The van der Waals surface area contributed by atoms with Crippen LogP contribution in [0.1, 0.15) is 64.7 Å². The summed E-state index contributed by atoms with van der Waals surface area (Å²) >= 11 is 0. The Bertz CT molecular complexity index is 472. The summed E-state index contributed by atoms with van der Waals surface area (Å²) in [6.07, 6.45) is 11.8. The molecular formula is C19H28O2. The Balaban J connectivity index is 1.31. The molecule has 0 N–H and O–H groups in total. The monoisotopic (exact) mass is 288 g/mol. The number of carbonyl (C=O) groups excluding carboxylic acids is 1. The highest BCUT2D eigenvalue weighted by molar-refractivity contribution is 5.74. The molecule has 4 bridgehead atoms. The quantitative estimate of drug-likeness (QED) is 0.712. The second kappa shape index (κ2) is 4.26. The zero-order chi connectivity index (χ0) is 14.2. The van der Waals surface area contributed by atoms with Gasteiger partial charge in [-0.05, 0) is 81.5 Å². The molecule has 5 fully saturated rings. The van der Waals surface area contributed by atoms with Crippen LogP contribution in [0.15, 0.2) is 0 Å². The van der Waals surface area contributed by atoms with E-state index in [4.69, 9.17) is 4.74 Å². The zero-order valence-electron chi connectivity index (χ0n) is 13.2. The van der Waals surface area contributed by atoms with Crippen LogP contribution in [0, 0.1) is 41.4 Å². The van der Waals surface area contributed by atoms with Crippen molar-refractivity contribution < 1.29 is 9.53 Å². The Labute approximate surface area is 128 Å². The van der Waals surface area contributed by atoms with E-state index in [9.17, 15) is 4.79 Å². The number of carbonyl (C=O) groups is 1. The molecule has 5 rings (SSSR count). The minimum Gasteiger partial charge on any atom is -0.459 e. The molecule has 5 saturated carbocycles. The van der Waals surface area contributed by atoms with Crippen molar-refractivity contribution in [2.75, 3.05) is 0 Å². The molecule has 0 aromatic carbocycles. The number of fused-ring (bicyclic) bond motifs is 7. The van der Waals surface area contributed by atoms with Crippen molar-refractivity contribution in [1.29, 1.82) is 0 Å². The largest absolute Gasteiger partial charge is 0.459 e. The third-order valence-corrected chi connectivity index (χ3v) is 8.13.